The Labute approximate surface area is 114 Å². The summed E-state index contributed by atoms with van der Waals surface area (Å²) in [6.07, 6.45) is 1.32. The molecule has 106 valence electrons. The Kier molecular flexibility index (Phi) is 3.60. The molecule has 6 nitrogen and oxygen atoms in total. The van der Waals surface area contributed by atoms with Crippen molar-refractivity contribution in [2.45, 2.75) is 11.8 Å². The number of hydrogen-bond donors (Lipinski definition) is 2. The lowest BCUT2D eigenvalue weighted by molar-refractivity contribution is 0.0995. The van der Waals surface area contributed by atoms with Crippen molar-refractivity contribution >= 4 is 21.6 Å². The number of halogens is 1. The second-order valence-electron chi connectivity index (χ2n) is 4.07. The molecule has 0 aliphatic carbocycles. The predicted octanol–water partition coefficient (Wildman–Crippen LogP) is 1.63. The van der Waals surface area contributed by atoms with Crippen LogP contribution in [0.5, 0.6) is 0 Å². The average Bonchev–Trinajstić information content (AvgIpc) is 2.73. The minimum absolute atomic E-state index is 0.00892. The summed E-state index contributed by atoms with van der Waals surface area (Å²) in [6.45, 7) is 1.64. The van der Waals surface area contributed by atoms with Crippen LogP contribution in [0.2, 0.25) is 0 Å². The molecule has 0 bridgehead atoms. The molecular formula is C12H11FN2O4S. The number of nitrogens with two attached hydrogens (primary N) is 1. The third kappa shape index (κ3) is 2.86. The van der Waals surface area contributed by atoms with E-state index in [0.717, 1.165) is 18.2 Å². The number of carbonyl (C=O) groups is 1. The maximum atomic E-state index is 13.2. The van der Waals surface area contributed by atoms with Gasteiger partial charge in [-0.05, 0) is 31.2 Å². The van der Waals surface area contributed by atoms with E-state index in [9.17, 15) is 17.6 Å². The first-order valence-electron chi connectivity index (χ1n) is 5.47. The van der Waals surface area contributed by atoms with E-state index in [1.165, 1.54) is 6.26 Å². The fraction of sp³-hybridized carbons (Fsp3) is 0.0833. The molecule has 1 amide bonds. The van der Waals surface area contributed by atoms with E-state index >= 15 is 0 Å². The Morgan fingerprint density at radius 2 is 2.05 bits per heavy atom. The van der Waals surface area contributed by atoms with Crippen molar-refractivity contribution in [3.63, 3.8) is 0 Å². The molecule has 0 aliphatic heterocycles. The lowest BCUT2D eigenvalue weighted by Gasteiger charge is -2.09. The van der Waals surface area contributed by atoms with Crippen molar-refractivity contribution in [1.82, 2.24) is 0 Å². The minimum Gasteiger partial charge on any atom is -0.459 e. The maximum Gasteiger partial charge on any atom is 0.291 e. The fourth-order valence-electron chi connectivity index (χ4n) is 1.63. The Morgan fingerprint density at radius 1 is 1.35 bits per heavy atom. The summed E-state index contributed by atoms with van der Waals surface area (Å²) in [5.41, 5.74) is 0.323. The summed E-state index contributed by atoms with van der Waals surface area (Å²) >= 11 is 0. The van der Waals surface area contributed by atoms with Crippen LogP contribution in [0.3, 0.4) is 0 Å². The van der Waals surface area contributed by atoms with E-state index in [4.69, 9.17) is 9.56 Å². The molecule has 20 heavy (non-hydrogen) atoms. The topological polar surface area (TPSA) is 102 Å². The van der Waals surface area contributed by atoms with Crippen LogP contribution in [-0.4, -0.2) is 14.3 Å². The molecule has 0 fully saturated rings. The number of aryl methyl sites for hydroxylation is 1. The average molecular weight is 298 g/mol. The predicted molar refractivity (Wildman–Crippen MR) is 69.2 cm³/mol. The molecule has 2 rings (SSSR count). The lowest BCUT2D eigenvalue weighted by atomic mass is 10.2. The fourth-order valence-corrected chi connectivity index (χ4v) is 2.31. The lowest BCUT2D eigenvalue weighted by Crippen LogP contribution is -2.18. The normalized spacial score (nSPS) is 11.3. The van der Waals surface area contributed by atoms with Crippen LogP contribution in [0.4, 0.5) is 10.1 Å². The molecule has 0 aliphatic rings. The highest BCUT2D eigenvalue weighted by molar-refractivity contribution is 7.89. The quantitative estimate of drug-likeness (QED) is 0.898. The van der Waals surface area contributed by atoms with Gasteiger partial charge in [-0.1, -0.05) is 0 Å². The number of carbonyl (C=O) groups excluding carboxylic acids is 1. The van der Waals surface area contributed by atoms with Crippen LogP contribution in [0, 0.1) is 12.7 Å². The third-order valence-electron chi connectivity index (χ3n) is 2.56. The molecule has 1 aromatic carbocycles. The van der Waals surface area contributed by atoms with Gasteiger partial charge >= 0.3 is 0 Å². The van der Waals surface area contributed by atoms with Gasteiger partial charge < -0.3 is 9.73 Å². The van der Waals surface area contributed by atoms with Gasteiger partial charge in [0.1, 0.15) is 10.7 Å². The highest BCUT2D eigenvalue weighted by Crippen LogP contribution is 2.22. The molecule has 0 saturated carbocycles. The first-order valence-corrected chi connectivity index (χ1v) is 7.01. The van der Waals surface area contributed by atoms with Gasteiger partial charge in [0.2, 0.25) is 10.0 Å². The van der Waals surface area contributed by atoms with E-state index in [0.29, 0.717) is 5.56 Å². The molecular weight excluding hydrogens is 287 g/mol. The summed E-state index contributed by atoms with van der Waals surface area (Å²) in [6, 6.07) is 4.36. The molecule has 0 saturated heterocycles. The van der Waals surface area contributed by atoms with Gasteiger partial charge in [0, 0.05) is 5.56 Å². The Morgan fingerprint density at radius 3 is 2.60 bits per heavy atom. The molecule has 2 aromatic rings. The van der Waals surface area contributed by atoms with Gasteiger partial charge in [0.05, 0.1) is 12.0 Å². The molecule has 1 heterocycles. The number of furan rings is 1. The second kappa shape index (κ2) is 5.06. The van der Waals surface area contributed by atoms with Crippen LogP contribution >= 0.6 is 0 Å². The van der Waals surface area contributed by atoms with Gasteiger partial charge in [0.15, 0.2) is 5.76 Å². The molecule has 3 N–H and O–H groups in total. The first-order chi connectivity index (χ1) is 9.29. The number of sulfonamides is 1. The van der Waals surface area contributed by atoms with Crippen LogP contribution in [-0.2, 0) is 10.0 Å². The number of benzene rings is 1. The van der Waals surface area contributed by atoms with E-state index in [-0.39, 0.29) is 16.3 Å². The summed E-state index contributed by atoms with van der Waals surface area (Å²) in [5, 5.41) is 7.28. The third-order valence-corrected chi connectivity index (χ3v) is 3.53. The van der Waals surface area contributed by atoms with Gasteiger partial charge in [-0.15, -0.1) is 0 Å². The molecule has 0 spiro atoms. The van der Waals surface area contributed by atoms with Gasteiger partial charge in [0.25, 0.3) is 5.91 Å². The zero-order valence-corrected chi connectivity index (χ0v) is 11.2. The van der Waals surface area contributed by atoms with Crippen LogP contribution in [0.25, 0.3) is 0 Å². The Bertz CT molecular complexity index is 768. The van der Waals surface area contributed by atoms with Gasteiger partial charge in [-0.3, -0.25) is 4.79 Å². The van der Waals surface area contributed by atoms with Gasteiger partial charge in [-0.25, -0.2) is 17.9 Å². The minimum atomic E-state index is -4.09. The van der Waals surface area contributed by atoms with Crippen LogP contribution < -0.4 is 10.5 Å². The zero-order chi connectivity index (χ0) is 14.9. The largest absolute Gasteiger partial charge is 0.459 e. The Balaban J connectivity index is 2.41. The molecule has 8 heteroatoms. The smallest absolute Gasteiger partial charge is 0.291 e. The molecule has 0 atom stereocenters. The van der Waals surface area contributed by atoms with Crippen molar-refractivity contribution < 1.29 is 22.0 Å². The highest BCUT2D eigenvalue weighted by atomic mass is 32.2. The maximum absolute atomic E-state index is 13.2. The highest BCUT2D eigenvalue weighted by Gasteiger charge is 2.19. The van der Waals surface area contributed by atoms with Crippen molar-refractivity contribution in [1.29, 1.82) is 0 Å². The molecule has 0 radical (unpaired) electrons. The van der Waals surface area contributed by atoms with E-state index in [1.54, 1.807) is 13.0 Å². The summed E-state index contributed by atoms with van der Waals surface area (Å²) in [4.78, 5) is 11.5. The van der Waals surface area contributed by atoms with Crippen LogP contribution in [0.1, 0.15) is 16.1 Å². The van der Waals surface area contributed by atoms with Crippen LogP contribution in [0.15, 0.2) is 39.8 Å². The number of primary sulfonamides is 1. The molecule has 1 aromatic heterocycles. The summed E-state index contributed by atoms with van der Waals surface area (Å²) in [7, 11) is -4.09. The van der Waals surface area contributed by atoms with E-state index < -0.39 is 21.7 Å². The van der Waals surface area contributed by atoms with E-state index in [2.05, 4.69) is 5.32 Å². The number of rotatable bonds is 3. The Hall–Kier alpha value is -2.19. The molecule has 0 unspecified atom stereocenters. The van der Waals surface area contributed by atoms with E-state index in [1.807, 2.05) is 0 Å². The van der Waals surface area contributed by atoms with Crippen molar-refractivity contribution in [2.75, 3.05) is 5.32 Å². The van der Waals surface area contributed by atoms with Gasteiger partial charge in [-0.2, -0.15) is 0 Å². The zero-order valence-electron chi connectivity index (χ0n) is 10.4. The van der Waals surface area contributed by atoms with Crippen molar-refractivity contribution in [2.24, 2.45) is 5.14 Å². The second-order valence-corrected chi connectivity index (χ2v) is 5.60. The van der Waals surface area contributed by atoms with Crippen molar-refractivity contribution in [3.8, 4) is 0 Å². The standard InChI is InChI=1S/C12H11FN2O4S/c1-7-4-5-19-11(7)12(16)15-9-6-8(13)2-3-10(9)20(14,17)18/h2-6H,1H3,(H,15,16)(H2,14,17,18). The first kappa shape index (κ1) is 14.2. The number of hydrogen-bond acceptors (Lipinski definition) is 4. The summed E-state index contributed by atoms with van der Waals surface area (Å²) < 4.78 is 40.9. The SMILES string of the molecule is Cc1ccoc1C(=O)Nc1cc(F)ccc1S(N)(=O)=O. The summed E-state index contributed by atoms with van der Waals surface area (Å²) in [5.74, 6) is -1.39. The number of amides is 1. The van der Waals surface area contributed by atoms with Crippen molar-refractivity contribution in [3.05, 3.63) is 47.7 Å². The monoisotopic (exact) mass is 298 g/mol. The number of nitrogens with one attached hydrogen (secondary N) is 1. The number of anilines is 1.